The van der Waals surface area contributed by atoms with Gasteiger partial charge in [0, 0.05) is 10.6 Å². The summed E-state index contributed by atoms with van der Waals surface area (Å²) in [5, 5.41) is 12.1. The van der Waals surface area contributed by atoms with Gasteiger partial charge in [0.15, 0.2) is 0 Å². The summed E-state index contributed by atoms with van der Waals surface area (Å²) in [4.78, 5) is 2.89. The minimum Gasteiger partial charge on any atom is -0.379 e. The average molecular weight is 296 g/mol. The molecule has 0 radical (unpaired) electrons. The normalized spacial score (nSPS) is 10.5. The molecule has 21 heavy (non-hydrogen) atoms. The lowest BCUT2D eigenvalue weighted by Crippen LogP contribution is -2.02. The minimum absolute atomic E-state index is 0.657. The first-order chi connectivity index (χ1) is 10.3. The lowest BCUT2D eigenvalue weighted by molar-refractivity contribution is 0.740. The molecule has 0 spiro atoms. The molecule has 0 aliphatic carbocycles. The van der Waals surface area contributed by atoms with Gasteiger partial charge in [0.25, 0.3) is 0 Å². The molecular weight excluding hydrogens is 280 g/mol. The molecule has 4 nitrogen and oxygen atoms in total. The fourth-order valence-electron chi connectivity index (χ4n) is 1.99. The van der Waals surface area contributed by atoms with Crippen LogP contribution in [0.5, 0.6) is 0 Å². The molecule has 0 unspecified atom stereocenters. The molecule has 0 bridgehead atoms. The van der Waals surface area contributed by atoms with Gasteiger partial charge >= 0.3 is 0 Å². The Bertz CT molecular complexity index is 709. The molecule has 0 saturated carbocycles. The van der Waals surface area contributed by atoms with Gasteiger partial charge in [-0.1, -0.05) is 24.3 Å². The van der Waals surface area contributed by atoms with Crippen LogP contribution in [0.1, 0.15) is 5.69 Å². The monoisotopic (exact) mass is 296 g/mol. The van der Waals surface area contributed by atoms with Crippen molar-refractivity contribution in [1.82, 2.24) is 15.0 Å². The fourth-order valence-corrected chi connectivity index (χ4v) is 2.45. The molecule has 0 amide bonds. The Balaban J connectivity index is 1.67. The van der Waals surface area contributed by atoms with E-state index < -0.39 is 0 Å². The van der Waals surface area contributed by atoms with E-state index in [1.165, 1.54) is 4.90 Å². The van der Waals surface area contributed by atoms with Gasteiger partial charge in [-0.15, -0.1) is 11.8 Å². The average Bonchev–Trinajstić information content (AvgIpc) is 3.03. The van der Waals surface area contributed by atoms with Crippen molar-refractivity contribution in [3.05, 3.63) is 66.5 Å². The van der Waals surface area contributed by atoms with Gasteiger partial charge in [-0.05, 0) is 36.6 Å². The summed E-state index contributed by atoms with van der Waals surface area (Å²) in [7, 11) is 0. The molecular formula is C16H16N4S. The first-order valence-corrected chi connectivity index (χ1v) is 7.92. The largest absolute Gasteiger partial charge is 0.379 e. The highest BCUT2D eigenvalue weighted by atomic mass is 32.2. The van der Waals surface area contributed by atoms with E-state index in [0.29, 0.717) is 6.54 Å². The van der Waals surface area contributed by atoms with E-state index in [1.54, 1.807) is 22.8 Å². The minimum atomic E-state index is 0.657. The highest BCUT2D eigenvalue weighted by Crippen LogP contribution is 2.19. The number of hydrogen-bond acceptors (Lipinski definition) is 4. The lowest BCUT2D eigenvalue weighted by atomic mass is 10.3. The Morgan fingerprint density at radius 1 is 1.10 bits per heavy atom. The van der Waals surface area contributed by atoms with E-state index in [1.807, 2.05) is 30.3 Å². The number of rotatable bonds is 5. The smallest absolute Gasteiger partial charge is 0.102 e. The van der Waals surface area contributed by atoms with Crippen molar-refractivity contribution in [1.29, 1.82) is 0 Å². The second-order valence-electron chi connectivity index (χ2n) is 4.55. The first-order valence-electron chi connectivity index (χ1n) is 6.70. The third-order valence-electron chi connectivity index (χ3n) is 3.07. The summed E-state index contributed by atoms with van der Waals surface area (Å²) in [5.41, 5.74) is 2.97. The summed E-state index contributed by atoms with van der Waals surface area (Å²) in [5.74, 6) is 0. The zero-order valence-corrected chi connectivity index (χ0v) is 12.5. The van der Waals surface area contributed by atoms with Crippen molar-refractivity contribution >= 4 is 17.4 Å². The Hall–Kier alpha value is -2.27. The molecule has 1 N–H and O–H groups in total. The lowest BCUT2D eigenvalue weighted by Gasteiger charge is -2.05. The highest BCUT2D eigenvalue weighted by molar-refractivity contribution is 7.98. The second-order valence-corrected chi connectivity index (χ2v) is 5.43. The number of nitrogens with zero attached hydrogens (tertiary/aromatic N) is 3. The van der Waals surface area contributed by atoms with Crippen molar-refractivity contribution in [2.45, 2.75) is 11.4 Å². The van der Waals surface area contributed by atoms with Gasteiger partial charge in [0.2, 0.25) is 0 Å². The van der Waals surface area contributed by atoms with Crippen molar-refractivity contribution in [3.8, 4) is 5.69 Å². The molecule has 5 heteroatoms. The Morgan fingerprint density at radius 2 is 1.95 bits per heavy atom. The van der Waals surface area contributed by atoms with Crippen molar-refractivity contribution in [2.75, 3.05) is 11.6 Å². The predicted molar refractivity (Wildman–Crippen MR) is 86.9 cm³/mol. The van der Waals surface area contributed by atoms with Crippen molar-refractivity contribution in [2.24, 2.45) is 0 Å². The van der Waals surface area contributed by atoms with Crippen LogP contribution >= 0.6 is 11.8 Å². The summed E-state index contributed by atoms with van der Waals surface area (Å²) >= 11 is 1.73. The van der Waals surface area contributed by atoms with Crippen molar-refractivity contribution < 1.29 is 0 Å². The number of anilines is 1. The molecule has 106 valence electrons. The highest BCUT2D eigenvalue weighted by Gasteiger charge is 2.02. The van der Waals surface area contributed by atoms with Gasteiger partial charge in [-0.2, -0.15) is 15.0 Å². The maximum atomic E-state index is 4.48. The van der Waals surface area contributed by atoms with Crippen LogP contribution in [0.4, 0.5) is 5.69 Å². The number of benzene rings is 2. The summed E-state index contributed by atoms with van der Waals surface area (Å²) in [6.45, 7) is 0.657. The Labute approximate surface area is 128 Å². The van der Waals surface area contributed by atoms with E-state index >= 15 is 0 Å². The van der Waals surface area contributed by atoms with Crippen LogP contribution in [-0.4, -0.2) is 21.2 Å². The third-order valence-corrected chi connectivity index (χ3v) is 3.80. The number of nitrogens with one attached hydrogen (secondary N) is 1. The fraction of sp³-hybridized carbons (Fsp3) is 0.125. The first kappa shape index (κ1) is 13.7. The molecule has 0 atom stereocenters. The number of aromatic nitrogens is 3. The van der Waals surface area contributed by atoms with Gasteiger partial charge in [0.1, 0.15) is 5.69 Å². The second kappa shape index (κ2) is 6.45. The molecule has 1 heterocycles. The van der Waals surface area contributed by atoms with E-state index in [4.69, 9.17) is 0 Å². The molecule has 0 fully saturated rings. The van der Waals surface area contributed by atoms with Gasteiger partial charge < -0.3 is 5.32 Å². The summed E-state index contributed by atoms with van der Waals surface area (Å²) in [6, 6.07) is 18.2. The third kappa shape index (κ3) is 3.44. The van der Waals surface area contributed by atoms with Crippen LogP contribution in [0.25, 0.3) is 5.69 Å². The van der Waals surface area contributed by atoms with E-state index in [2.05, 4.69) is 46.0 Å². The van der Waals surface area contributed by atoms with E-state index in [9.17, 15) is 0 Å². The standard InChI is InChI=1S/C16H16N4S/c1-21-16-9-5-6-13(10-16)17-11-14-12-18-20(19-14)15-7-3-2-4-8-15/h2-10,12,17H,11H2,1H3. The van der Waals surface area contributed by atoms with Crippen LogP contribution in [0.15, 0.2) is 65.7 Å². The van der Waals surface area contributed by atoms with Crippen LogP contribution in [0, 0.1) is 0 Å². The predicted octanol–water partition coefficient (Wildman–Crippen LogP) is 3.60. The van der Waals surface area contributed by atoms with Gasteiger partial charge in [-0.25, -0.2) is 0 Å². The maximum absolute atomic E-state index is 4.48. The molecule has 3 rings (SSSR count). The summed E-state index contributed by atoms with van der Waals surface area (Å²) in [6.07, 6.45) is 3.86. The van der Waals surface area contributed by atoms with E-state index in [0.717, 1.165) is 17.1 Å². The van der Waals surface area contributed by atoms with Gasteiger partial charge in [-0.3, -0.25) is 0 Å². The van der Waals surface area contributed by atoms with Crippen LogP contribution < -0.4 is 5.32 Å². The topological polar surface area (TPSA) is 42.7 Å². The van der Waals surface area contributed by atoms with Crippen LogP contribution in [0.3, 0.4) is 0 Å². The Morgan fingerprint density at radius 3 is 2.76 bits per heavy atom. The molecule has 2 aromatic carbocycles. The number of para-hydroxylation sites is 1. The van der Waals surface area contributed by atoms with Gasteiger partial charge in [0.05, 0.1) is 18.4 Å². The molecule has 0 aliphatic heterocycles. The molecule has 1 aromatic heterocycles. The quantitative estimate of drug-likeness (QED) is 0.731. The zero-order valence-electron chi connectivity index (χ0n) is 11.7. The van der Waals surface area contributed by atoms with Crippen molar-refractivity contribution in [3.63, 3.8) is 0 Å². The Kier molecular flexibility index (Phi) is 4.21. The number of thioether (sulfide) groups is 1. The van der Waals surface area contributed by atoms with Crippen LogP contribution in [0.2, 0.25) is 0 Å². The maximum Gasteiger partial charge on any atom is 0.102 e. The molecule has 0 aliphatic rings. The molecule has 0 saturated heterocycles. The molecule has 3 aromatic rings. The SMILES string of the molecule is CSc1cccc(NCc2cnn(-c3ccccc3)n2)c1. The van der Waals surface area contributed by atoms with Crippen LogP contribution in [-0.2, 0) is 6.54 Å². The van der Waals surface area contributed by atoms with E-state index in [-0.39, 0.29) is 0 Å². The zero-order chi connectivity index (χ0) is 14.5. The summed E-state index contributed by atoms with van der Waals surface area (Å²) < 4.78 is 0. The number of hydrogen-bond donors (Lipinski definition) is 1.